The number of nitrogens with one attached hydrogen (secondary N) is 1. The molecule has 1 aromatic rings. The summed E-state index contributed by atoms with van der Waals surface area (Å²) >= 11 is 0. The maximum atomic E-state index is 9.55. The number of aromatic nitrogens is 2. The van der Waals surface area contributed by atoms with Crippen molar-refractivity contribution in [2.45, 2.75) is 25.5 Å². The molecule has 0 radical (unpaired) electrons. The molecule has 16 heavy (non-hydrogen) atoms. The molecule has 1 aromatic heterocycles. The van der Waals surface area contributed by atoms with Crippen molar-refractivity contribution in [3.8, 4) is 0 Å². The van der Waals surface area contributed by atoms with E-state index >= 15 is 0 Å². The Kier molecular flexibility index (Phi) is 5.45. The van der Waals surface area contributed by atoms with Gasteiger partial charge in [0.2, 0.25) is 0 Å². The van der Waals surface area contributed by atoms with E-state index in [0.717, 1.165) is 12.2 Å². The number of rotatable bonds is 7. The average Bonchev–Trinajstić information content (AvgIpc) is 2.66. The molecule has 0 amide bonds. The van der Waals surface area contributed by atoms with Crippen LogP contribution in [0, 0.1) is 0 Å². The lowest BCUT2D eigenvalue weighted by atomic mass is 10.2. The minimum atomic E-state index is -0.473. The van der Waals surface area contributed by atoms with Crippen molar-refractivity contribution in [1.29, 1.82) is 0 Å². The summed E-state index contributed by atoms with van der Waals surface area (Å²) in [6.07, 6.45) is 4.17. The molecule has 0 saturated heterocycles. The third-order valence-corrected chi connectivity index (χ3v) is 2.54. The Morgan fingerprint density at radius 1 is 1.62 bits per heavy atom. The van der Waals surface area contributed by atoms with Crippen LogP contribution in [0.3, 0.4) is 0 Å². The number of nitrogens with zero attached hydrogens (tertiary/aromatic N) is 2. The summed E-state index contributed by atoms with van der Waals surface area (Å²) in [5.41, 5.74) is 0. The van der Waals surface area contributed by atoms with E-state index in [-0.39, 0.29) is 6.04 Å². The van der Waals surface area contributed by atoms with E-state index in [1.54, 1.807) is 13.3 Å². The lowest BCUT2D eigenvalue weighted by molar-refractivity contribution is 0.0623. The highest BCUT2D eigenvalue weighted by molar-refractivity contribution is 4.98. The van der Waals surface area contributed by atoms with Crippen molar-refractivity contribution in [2.24, 2.45) is 7.05 Å². The van der Waals surface area contributed by atoms with Crippen molar-refractivity contribution in [2.75, 3.05) is 20.3 Å². The minimum absolute atomic E-state index is 0.173. The number of methoxy groups -OCH3 is 1. The fourth-order valence-corrected chi connectivity index (χ4v) is 1.66. The van der Waals surface area contributed by atoms with Gasteiger partial charge in [-0.2, -0.15) is 0 Å². The van der Waals surface area contributed by atoms with Gasteiger partial charge >= 0.3 is 0 Å². The van der Waals surface area contributed by atoms with Crippen molar-refractivity contribution >= 4 is 0 Å². The standard InChI is InChI=1S/C11H21N3O2/c1-4-10(11-12-5-6-14(11)2)13-7-9(15)8-16-3/h5-6,9-10,13,15H,4,7-8H2,1-3H3. The molecule has 0 fully saturated rings. The van der Waals surface area contributed by atoms with Gasteiger partial charge in [0.05, 0.1) is 18.8 Å². The molecule has 0 aliphatic carbocycles. The van der Waals surface area contributed by atoms with E-state index in [1.165, 1.54) is 0 Å². The largest absolute Gasteiger partial charge is 0.389 e. The van der Waals surface area contributed by atoms with Crippen LogP contribution in [0.2, 0.25) is 0 Å². The van der Waals surface area contributed by atoms with Gasteiger partial charge in [0.25, 0.3) is 0 Å². The highest BCUT2D eigenvalue weighted by Gasteiger charge is 2.14. The molecule has 2 atom stereocenters. The Bertz CT molecular complexity index is 301. The zero-order valence-electron chi connectivity index (χ0n) is 10.2. The van der Waals surface area contributed by atoms with Crippen LogP contribution in [-0.2, 0) is 11.8 Å². The average molecular weight is 227 g/mol. The maximum Gasteiger partial charge on any atom is 0.125 e. The number of aliphatic hydroxyl groups is 1. The Balaban J connectivity index is 2.47. The second-order valence-electron chi connectivity index (χ2n) is 3.87. The van der Waals surface area contributed by atoms with Crippen LogP contribution in [-0.4, -0.2) is 41.0 Å². The first-order chi connectivity index (χ1) is 7.69. The quantitative estimate of drug-likeness (QED) is 0.711. The molecule has 5 nitrogen and oxygen atoms in total. The zero-order chi connectivity index (χ0) is 12.0. The van der Waals surface area contributed by atoms with E-state index in [9.17, 15) is 5.11 Å². The molecule has 1 rings (SSSR count). The Morgan fingerprint density at radius 2 is 2.38 bits per heavy atom. The molecule has 0 bridgehead atoms. The van der Waals surface area contributed by atoms with Gasteiger partial charge in [-0.1, -0.05) is 6.92 Å². The second kappa shape index (κ2) is 6.62. The summed E-state index contributed by atoms with van der Waals surface area (Å²) in [5, 5.41) is 12.8. The highest BCUT2D eigenvalue weighted by atomic mass is 16.5. The molecule has 92 valence electrons. The fraction of sp³-hybridized carbons (Fsp3) is 0.727. The van der Waals surface area contributed by atoms with E-state index in [1.807, 2.05) is 17.8 Å². The van der Waals surface area contributed by atoms with Crippen LogP contribution in [0.1, 0.15) is 25.2 Å². The van der Waals surface area contributed by atoms with Crippen LogP contribution in [0.15, 0.2) is 12.4 Å². The number of hydrogen-bond donors (Lipinski definition) is 2. The fourth-order valence-electron chi connectivity index (χ4n) is 1.66. The molecule has 5 heteroatoms. The number of imidazole rings is 1. The normalized spacial score (nSPS) is 15.0. The van der Waals surface area contributed by atoms with Gasteiger partial charge in [0, 0.05) is 33.1 Å². The number of ether oxygens (including phenoxy) is 1. The van der Waals surface area contributed by atoms with Crippen molar-refractivity contribution < 1.29 is 9.84 Å². The second-order valence-corrected chi connectivity index (χ2v) is 3.87. The molecule has 0 aromatic carbocycles. The predicted molar refractivity (Wildman–Crippen MR) is 62.1 cm³/mol. The van der Waals surface area contributed by atoms with Crippen LogP contribution in [0.5, 0.6) is 0 Å². The van der Waals surface area contributed by atoms with Gasteiger partial charge in [-0.3, -0.25) is 0 Å². The molecule has 0 aliphatic rings. The third kappa shape index (κ3) is 3.59. The van der Waals surface area contributed by atoms with Crippen LogP contribution >= 0.6 is 0 Å². The number of hydrogen-bond acceptors (Lipinski definition) is 4. The van der Waals surface area contributed by atoms with Crippen molar-refractivity contribution in [3.63, 3.8) is 0 Å². The molecule has 1 heterocycles. The van der Waals surface area contributed by atoms with Gasteiger partial charge in [0.1, 0.15) is 5.82 Å². The lowest BCUT2D eigenvalue weighted by Crippen LogP contribution is -2.33. The van der Waals surface area contributed by atoms with E-state index < -0.39 is 6.10 Å². The minimum Gasteiger partial charge on any atom is -0.389 e. The molecule has 0 spiro atoms. The molecule has 2 unspecified atom stereocenters. The smallest absolute Gasteiger partial charge is 0.125 e. The van der Waals surface area contributed by atoms with Gasteiger partial charge in [-0.25, -0.2) is 4.98 Å². The molecule has 0 saturated carbocycles. The van der Waals surface area contributed by atoms with E-state index in [0.29, 0.717) is 13.2 Å². The summed E-state index contributed by atoms with van der Waals surface area (Å²) in [6, 6.07) is 0.173. The first-order valence-corrected chi connectivity index (χ1v) is 5.56. The van der Waals surface area contributed by atoms with Gasteiger partial charge in [-0.05, 0) is 6.42 Å². The van der Waals surface area contributed by atoms with Crippen LogP contribution < -0.4 is 5.32 Å². The Labute approximate surface area is 96.4 Å². The van der Waals surface area contributed by atoms with Crippen molar-refractivity contribution in [3.05, 3.63) is 18.2 Å². The van der Waals surface area contributed by atoms with Crippen LogP contribution in [0.4, 0.5) is 0 Å². The topological polar surface area (TPSA) is 59.3 Å². The summed E-state index contributed by atoms with van der Waals surface area (Å²) in [5.74, 6) is 0.993. The van der Waals surface area contributed by atoms with Gasteiger partial charge in [-0.15, -0.1) is 0 Å². The number of aliphatic hydroxyl groups excluding tert-OH is 1. The van der Waals surface area contributed by atoms with E-state index in [2.05, 4.69) is 17.2 Å². The van der Waals surface area contributed by atoms with E-state index in [4.69, 9.17) is 4.74 Å². The number of aryl methyl sites for hydroxylation is 1. The first-order valence-electron chi connectivity index (χ1n) is 5.56. The maximum absolute atomic E-state index is 9.55. The van der Waals surface area contributed by atoms with Gasteiger partial charge < -0.3 is 19.7 Å². The summed E-state index contributed by atoms with van der Waals surface area (Å²) in [6.45, 7) is 2.96. The molecular formula is C11H21N3O2. The SMILES string of the molecule is CCC(NCC(O)COC)c1nccn1C. The third-order valence-electron chi connectivity index (χ3n) is 2.54. The van der Waals surface area contributed by atoms with Crippen LogP contribution in [0.25, 0.3) is 0 Å². The highest BCUT2D eigenvalue weighted by Crippen LogP contribution is 2.13. The lowest BCUT2D eigenvalue weighted by Gasteiger charge is -2.18. The Hall–Kier alpha value is -0.910. The molecular weight excluding hydrogens is 206 g/mol. The monoisotopic (exact) mass is 227 g/mol. The zero-order valence-corrected chi connectivity index (χ0v) is 10.2. The first kappa shape index (κ1) is 13.2. The summed E-state index contributed by atoms with van der Waals surface area (Å²) < 4.78 is 6.86. The van der Waals surface area contributed by atoms with Crippen molar-refractivity contribution in [1.82, 2.24) is 14.9 Å². The predicted octanol–water partition coefficient (Wildman–Crippen LogP) is 0.468. The van der Waals surface area contributed by atoms with Gasteiger partial charge in [0.15, 0.2) is 0 Å². The molecule has 0 aliphatic heterocycles. The summed E-state index contributed by atoms with van der Waals surface area (Å²) in [4.78, 5) is 4.30. The molecule has 2 N–H and O–H groups in total. The summed E-state index contributed by atoms with van der Waals surface area (Å²) in [7, 11) is 3.55. The Morgan fingerprint density at radius 3 is 2.88 bits per heavy atom.